The zero-order chi connectivity index (χ0) is 16.1. The fourth-order valence-corrected chi connectivity index (χ4v) is 3.24. The van der Waals surface area contributed by atoms with Crippen LogP contribution < -0.4 is 10.1 Å². The number of carbonyl (C=O) groups is 1. The van der Waals surface area contributed by atoms with Gasteiger partial charge < -0.3 is 15.0 Å². The summed E-state index contributed by atoms with van der Waals surface area (Å²) in [6, 6.07) is 4.03. The standard InChI is InChI=1S/C17H24N4O2/c1-2-12-23-15-4-3-6-19-16(15)17(22)21-9-5-14(13-21)20-10-7-18-8-11-20/h2-4,6,14,18H,1,5,7-13H2. The molecule has 0 spiro atoms. The summed E-state index contributed by atoms with van der Waals surface area (Å²) in [6.45, 7) is 9.75. The predicted molar refractivity (Wildman–Crippen MR) is 88.7 cm³/mol. The summed E-state index contributed by atoms with van der Waals surface area (Å²) >= 11 is 0. The molecule has 1 amide bonds. The van der Waals surface area contributed by atoms with E-state index in [1.54, 1.807) is 24.4 Å². The Morgan fingerprint density at radius 2 is 2.26 bits per heavy atom. The molecule has 6 nitrogen and oxygen atoms in total. The lowest BCUT2D eigenvalue weighted by atomic mass is 10.2. The summed E-state index contributed by atoms with van der Waals surface area (Å²) in [5.74, 6) is 0.491. The first-order valence-electron chi connectivity index (χ1n) is 8.22. The maximum Gasteiger partial charge on any atom is 0.276 e. The third-order valence-electron chi connectivity index (χ3n) is 4.45. The zero-order valence-corrected chi connectivity index (χ0v) is 13.4. The second-order valence-electron chi connectivity index (χ2n) is 5.93. The number of pyridine rings is 1. The Balaban J connectivity index is 1.65. The quantitative estimate of drug-likeness (QED) is 0.813. The monoisotopic (exact) mass is 316 g/mol. The Kier molecular flexibility index (Phi) is 5.25. The van der Waals surface area contributed by atoms with Crippen LogP contribution in [0, 0.1) is 0 Å². The Labute approximate surface area is 137 Å². The fourth-order valence-electron chi connectivity index (χ4n) is 3.24. The number of carbonyl (C=O) groups excluding carboxylic acids is 1. The van der Waals surface area contributed by atoms with Gasteiger partial charge >= 0.3 is 0 Å². The summed E-state index contributed by atoms with van der Waals surface area (Å²) in [6.07, 6.45) is 4.33. The van der Waals surface area contributed by atoms with E-state index < -0.39 is 0 Å². The lowest BCUT2D eigenvalue weighted by Crippen LogP contribution is -2.49. The minimum Gasteiger partial charge on any atom is -0.487 e. The van der Waals surface area contributed by atoms with Crippen LogP contribution in [0.15, 0.2) is 31.0 Å². The summed E-state index contributed by atoms with van der Waals surface area (Å²) in [5.41, 5.74) is 0.398. The molecule has 1 aromatic rings. The second kappa shape index (κ2) is 7.57. The summed E-state index contributed by atoms with van der Waals surface area (Å²) < 4.78 is 5.56. The number of amides is 1. The first kappa shape index (κ1) is 16.0. The van der Waals surface area contributed by atoms with Crippen LogP contribution in [0.2, 0.25) is 0 Å². The first-order chi connectivity index (χ1) is 11.3. The van der Waals surface area contributed by atoms with Crippen molar-refractivity contribution in [2.75, 3.05) is 45.9 Å². The van der Waals surface area contributed by atoms with Gasteiger partial charge in [-0.05, 0) is 18.6 Å². The smallest absolute Gasteiger partial charge is 0.276 e. The maximum absolute atomic E-state index is 12.8. The van der Waals surface area contributed by atoms with Crippen LogP contribution in [-0.2, 0) is 0 Å². The van der Waals surface area contributed by atoms with Crippen LogP contribution in [0.4, 0.5) is 0 Å². The van der Waals surface area contributed by atoms with E-state index in [1.165, 1.54) is 0 Å². The van der Waals surface area contributed by atoms with Crippen molar-refractivity contribution in [2.45, 2.75) is 12.5 Å². The molecular weight excluding hydrogens is 292 g/mol. The number of nitrogens with zero attached hydrogens (tertiary/aromatic N) is 3. The number of ether oxygens (including phenoxy) is 1. The fraction of sp³-hybridized carbons (Fsp3) is 0.529. The Bertz CT molecular complexity index is 557. The van der Waals surface area contributed by atoms with Crippen molar-refractivity contribution in [3.63, 3.8) is 0 Å². The second-order valence-corrected chi connectivity index (χ2v) is 5.93. The average molecular weight is 316 g/mol. The number of aromatic nitrogens is 1. The van der Waals surface area contributed by atoms with Crippen molar-refractivity contribution in [2.24, 2.45) is 0 Å². The summed E-state index contributed by atoms with van der Waals surface area (Å²) in [4.78, 5) is 21.4. The van der Waals surface area contributed by atoms with E-state index in [-0.39, 0.29) is 5.91 Å². The molecule has 0 saturated carbocycles. The molecule has 1 unspecified atom stereocenters. The molecule has 2 fully saturated rings. The summed E-state index contributed by atoms with van der Waals surface area (Å²) in [5, 5.41) is 3.37. The molecular formula is C17H24N4O2. The van der Waals surface area contributed by atoms with Crippen molar-refractivity contribution >= 4 is 5.91 Å². The highest BCUT2D eigenvalue weighted by Crippen LogP contribution is 2.22. The summed E-state index contributed by atoms with van der Waals surface area (Å²) in [7, 11) is 0. The molecule has 0 radical (unpaired) electrons. The molecule has 2 aliphatic rings. The van der Waals surface area contributed by atoms with E-state index in [0.717, 1.165) is 45.7 Å². The van der Waals surface area contributed by atoms with E-state index in [0.29, 0.717) is 24.1 Å². The number of hydrogen-bond acceptors (Lipinski definition) is 5. The molecule has 1 N–H and O–H groups in total. The molecule has 2 saturated heterocycles. The predicted octanol–water partition coefficient (Wildman–Crippen LogP) is 0.766. The van der Waals surface area contributed by atoms with E-state index in [1.807, 2.05) is 4.90 Å². The lowest BCUT2D eigenvalue weighted by molar-refractivity contribution is 0.0763. The molecule has 0 bridgehead atoms. The minimum absolute atomic E-state index is 0.0395. The van der Waals surface area contributed by atoms with Gasteiger partial charge in [-0.2, -0.15) is 0 Å². The number of piperazine rings is 1. The number of hydrogen-bond donors (Lipinski definition) is 1. The first-order valence-corrected chi connectivity index (χ1v) is 8.22. The van der Waals surface area contributed by atoms with Crippen LogP contribution in [0.3, 0.4) is 0 Å². The highest BCUT2D eigenvalue weighted by Gasteiger charge is 2.32. The molecule has 3 rings (SSSR count). The Morgan fingerprint density at radius 3 is 3.04 bits per heavy atom. The van der Waals surface area contributed by atoms with Gasteiger partial charge in [-0.15, -0.1) is 0 Å². The van der Waals surface area contributed by atoms with Gasteiger partial charge in [0.1, 0.15) is 6.61 Å². The van der Waals surface area contributed by atoms with Crippen molar-refractivity contribution in [1.29, 1.82) is 0 Å². The van der Waals surface area contributed by atoms with Crippen LogP contribution in [0.1, 0.15) is 16.9 Å². The third kappa shape index (κ3) is 3.71. The molecule has 1 aromatic heterocycles. The molecule has 2 aliphatic heterocycles. The van der Waals surface area contributed by atoms with Crippen molar-refractivity contribution in [3.8, 4) is 5.75 Å². The van der Waals surface area contributed by atoms with Crippen LogP contribution in [0.25, 0.3) is 0 Å². The van der Waals surface area contributed by atoms with Crippen molar-refractivity contribution in [3.05, 3.63) is 36.7 Å². The largest absolute Gasteiger partial charge is 0.487 e. The number of nitrogens with one attached hydrogen (secondary N) is 1. The Morgan fingerprint density at radius 1 is 1.43 bits per heavy atom. The SMILES string of the molecule is C=CCOc1cccnc1C(=O)N1CCC(N2CCNCC2)C1. The van der Waals surface area contributed by atoms with Crippen molar-refractivity contribution in [1.82, 2.24) is 20.1 Å². The highest BCUT2D eigenvalue weighted by molar-refractivity contribution is 5.95. The van der Waals surface area contributed by atoms with Crippen molar-refractivity contribution < 1.29 is 9.53 Å². The molecule has 124 valence electrons. The Hall–Kier alpha value is -1.92. The van der Waals surface area contributed by atoms with Gasteiger partial charge in [0.05, 0.1) is 0 Å². The zero-order valence-electron chi connectivity index (χ0n) is 13.4. The van der Waals surface area contributed by atoms with E-state index in [2.05, 4.69) is 21.8 Å². The molecule has 23 heavy (non-hydrogen) atoms. The normalized spacial score (nSPS) is 22.1. The van der Waals surface area contributed by atoms with Gasteiger partial charge in [-0.1, -0.05) is 12.7 Å². The highest BCUT2D eigenvalue weighted by atomic mass is 16.5. The van der Waals surface area contributed by atoms with Gasteiger partial charge in [0.2, 0.25) is 0 Å². The molecule has 1 atom stereocenters. The number of likely N-dealkylation sites (tertiary alicyclic amines) is 1. The van der Waals surface area contributed by atoms with Crippen LogP contribution >= 0.6 is 0 Å². The molecule has 0 aliphatic carbocycles. The van der Waals surface area contributed by atoms with Gasteiger partial charge in [0, 0.05) is 51.5 Å². The molecule has 6 heteroatoms. The number of rotatable bonds is 5. The van der Waals surface area contributed by atoms with Gasteiger partial charge in [0.25, 0.3) is 5.91 Å². The van der Waals surface area contributed by atoms with Gasteiger partial charge in [-0.3, -0.25) is 9.69 Å². The van der Waals surface area contributed by atoms with E-state index >= 15 is 0 Å². The van der Waals surface area contributed by atoms with Gasteiger partial charge in [0.15, 0.2) is 11.4 Å². The van der Waals surface area contributed by atoms with E-state index in [9.17, 15) is 4.79 Å². The average Bonchev–Trinajstić information content (AvgIpc) is 3.10. The van der Waals surface area contributed by atoms with E-state index in [4.69, 9.17) is 4.74 Å². The lowest BCUT2D eigenvalue weighted by Gasteiger charge is -2.32. The molecule has 0 aromatic carbocycles. The topological polar surface area (TPSA) is 57.7 Å². The third-order valence-corrected chi connectivity index (χ3v) is 4.45. The molecule has 3 heterocycles. The van der Waals surface area contributed by atoms with Crippen LogP contribution in [-0.4, -0.2) is 72.6 Å². The minimum atomic E-state index is -0.0395. The van der Waals surface area contributed by atoms with Crippen LogP contribution in [0.5, 0.6) is 5.75 Å². The maximum atomic E-state index is 12.8. The van der Waals surface area contributed by atoms with Gasteiger partial charge in [-0.25, -0.2) is 4.98 Å².